The number of hydrogen-bond acceptors (Lipinski definition) is 9. The number of carbonyl (C=O) groups excluding carboxylic acids is 1. The lowest BCUT2D eigenvalue weighted by atomic mass is 9.97. The van der Waals surface area contributed by atoms with Crippen molar-refractivity contribution < 1.29 is 14.6 Å². The Kier molecular flexibility index (Phi) is 7.59. The molecule has 2 aliphatic rings. The predicted molar refractivity (Wildman–Crippen MR) is 136 cm³/mol. The maximum absolute atomic E-state index is 9.97. The van der Waals surface area contributed by atoms with Gasteiger partial charge >= 0.3 is 0 Å². The molecule has 0 saturated carbocycles. The smallest absolute Gasteiger partial charge is 0.209 e. The average molecular weight is 483 g/mol. The van der Waals surface area contributed by atoms with Crippen LogP contribution in [0.5, 0.6) is 5.75 Å². The molecular formula is C24H30N6O3S. The lowest BCUT2D eigenvalue weighted by Gasteiger charge is -2.16. The molecule has 1 fully saturated rings. The number of carbonyl (C=O) groups is 1. The number of nitrogens with zero attached hydrogens (tertiary/aromatic N) is 3. The molecular weight excluding hydrogens is 452 g/mol. The van der Waals surface area contributed by atoms with Crippen LogP contribution in [-0.2, 0) is 17.6 Å². The summed E-state index contributed by atoms with van der Waals surface area (Å²) in [6, 6.07) is 3.59. The highest BCUT2D eigenvalue weighted by molar-refractivity contribution is 7.19. The molecule has 9 nitrogen and oxygen atoms in total. The first-order chi connectivity index (χ1) is 16.5. The summed E-state index contributed by atoms with van der Waals surface area (Å²) in [4.78, 5) is 23.0. The number of aryl methyl sites for hydroxylation is 2. The number of β-amino-alcohol motifs (C(OH)–C–C–N with tert-alkyl or cyclic N) is 1. The molecule has 1 amide bonds. The Morgan fingerprint density at radius 2 is 2.18 bits per heavy atom. The first-order valence-electron chi connectivity index (χ1n) is 11.5. The van der Waals surface area contributed by atoms with E-state index in [4.69, 9.17) is 21.0 Å². The predicted octanol–water partition coefficient (Wildman–Crippen LogP) is 3.50. The van der Waals surface area contributed by atoms with Gasteiger partial charge in [-0.15, -0.1) is 11.3 Å². The quantitative estimate of drug-likeness (QED) is 0.240. The van der Waals surface area contributed by atoms with Gasteiger partial charge in [0.15, 0.2) is 0 Å². The number of fused-ring (bicyclic) bond motifs is 3. The second kappa shape index (κ2) is 10.8. The van der Waals surface area contributed by atoms with E-state index >= 15 is 0 Å². The Morgan fingerprint density at radius 1 is 1.35 bits per heavy atom. The summed E-state index contributed by atoms with van der Waals surface area (Å²) in [6.45, 7) is 3.70. The zero-order valence-corrected chi connectivity index (χ0v) is 20.0. The fraction of sp³-hybridized carbons (Fsp3) is 0.417. The molecule has 3 heterocycles. The van der Waals surface area contributed by atoms with Gasteiger partial charge in [-0.2, -0.15) is 0 Å². The summed E-state index contributed by atoms with van der Waals surface area (Å²) in [6.07, 6.45) is 8.72. The first kappa shape index (κ1) is 23.9. The van der Waals surface area contributed by atoms with Gasteiger partial charge in [0.1, 0.15) is 22.7 Å². The van der Waals surface area contributed by atoms with E-state index in [0.29, 0.717) is 36.7 Å². The highest BCUT2D eigenvalue weighted by Crippen LogP contribution is 2.40. The van der Waals surface area contributed by atoms with Crippen molar-refractivity contribution in [3.05, 3.63) is 34.5 Å². The van der Waals surface area contributed by atoms with Crippen LogP contribution in [0.25, 0.3) is 10.2 Å². The van der Waals surface area contributed by atoms with Crippen LogP contribution in [-0.4, -0.2) is 58.4 Å². The van der Waals surface area contributed by atoms with Gasteiger partial charge in [0.2, 0.25) is 6.41 Å². The zero-order valence-electron chi connectivity index (χ0n) is 19.2. The number of nitrogens with two attached hydrogens (primary N) is 1. The van der Waals surface area contributed by atoms with Crippen molar-refractivity contribution in [1.82, 2.24) is 14.9 Å². The third-order valence-electron chi connectivity index (χ3n) is 5.99. The van der Waals surface area contributed by atoms with Gasteiger partial charge in [-0.3, -0.25) is 4.79 Å². The summed E-state index contributed by atoms with van der Waals surface area (Å²) < 4.78 is 5.74. The Hall–Kier alpha value is -3.24. The molecule has 3 aromatic rings. The number of thiophene rings is 1. The van der Waals surface area contributed by atoms with E-state index in [0.717, 1.165) is 47.4 Å². The number of aliphatic hydroxyl groups is 1. The summed E-state index contributed by atoms with van der Waals surface area (Å²) in [7, 11) is 0. The van der Waals surface area contributed by atoms with Gasteiger partial charge in [-0.05, 0) is 50.7 Å². The number of nitrogens with one attached hydrogen (secondary N) is 2. The number of likely N-dealkylation sites (tertiary alicyclic amines) is 1. The lowest BCUT2D eigenvalue weighted by Crippen LogP contribution is -2.19. The molecule has 10 heteroatoms. The third-order valence-corrected chi connectivity index (χ3v) is 7.19. The van der Waals surface area contributed by atoms with E-state index in [-0.39, 0.29) is 6.10 Å². The van der Waals surface area contributed by atoms with Crippen LogP contribution >= 0.6 is 11.3 Å². The van der Waals surface area contributed by atoms with Crippen molar-refractivity contribution in [2.75, 3.05) is 30.7 Å². The van der Waals surface area contributed by atoms with Crippen molar-refractivity contribution in [2.24, 2.45) is 0 Å². The standard InChI is InChI=1S/C19H21N5OS.C5H9NO2/c1-2-25-15-8-13(21)11(9-20)7-14(15)24-18-17-12-5-3-4-6-16(12)26-19(17)23-10-22-18;7-4-6-2-1-5(8)3-6/h7-10,20H,2-6,21H2,1H3,(H,22,23,24);4-5,8H,1-3H2. The van der Waals surface area contributed by atoms with Crippen LogP contribution in [0, 0.1) is 5.41 Å². The van der Waals surface area contributed by atoms with Gasteiger partial charge in [-0.1, -0.05) is 0 Å². The first-order valence-corrected chi connectivity index (χ1v) is 12.3. The minimum atomic E-state index is -0.278. The second-order valence-electron chi connectivity index (χ2n) is 8.34. The zero-order chi connectivity index (χ0) is 24.1. The topological polar surface area (TPSA) is 137 Å². The number of amides is 1. The molecule has 1 atom stereocenters. The number of anilines is 3. The molecule has 0 radical (unpaired) electrons. The fourth-order valence-electron chi connectivity index (χ4n) is 4.29. The molecule has 5 rings (SSSR count). The fourth-order valence-corrected chi connectivity index (χ4v) is 5.52. The minimum absolute atomic E-state index is 0.278. The molecule has 2 aromatic heterocycles. The van der Waals surface area contributed by atoms with E-state index in [1.165, 1.54) is 29.5 Å². The summed E-state index contributed by atoms with van der Waals surface area (Å²) in [5, 5.41) is 20.9. The number of nitrogen functional groups attached to an aromatic ring is 1. The van der Waals surface area contributed by atoms with Crippen LogP contribution in [0.1, 0.15) is 42.2 Å². The maximum atomic E-state index is 9.97. The van der Waals surface area contributed by atoms with Gasteiger partial charge in [-0.25, -0.2) is 9.97 Å². The number of ether oxygens (including phenoxy) is 1. The maximum Gasteiger partial charge on any atom is 0.209 e. The van der Waals surface area contributed by atoms with E-state index in [1.54, 1.807) is 28.6 Å². The van der Waals surface area contributed by atoms with Crippen LogP contribution < -0.4 is 15.8 Å². The van der Waals surface area contributed by atoms with Crippen molar-refractivity contribution >= 4 is 51.4 Å². The summed E-state index contributed by atoms with van der Waals surface area (Å²) in [5.41, 5.74) is 9.31. The number of aliphatic hydroxyl groups excluding tert-OH is 1. The van der Waals surface area contributed by atoms with Crippen LogP contribution in [0.3, 0.4) is 0 Å². The van der Waals surface area contributed by atoms with E-state index in [1.807, 2.05) is 13.0 Å². The molecule has 0 spiro atoms. The SMILES string of the molecule is CCOc1cc(N)c(C=N)cc1Nc1ncnc2sc3c(c12)CCCC3.O=CN1CCC(O)C1. The van der Waals surface area contributed by atoms with E-state index < -0.39 is 0 Å². The van der Waals surface area contributed by atoms with Gasteiger partial charge in [0, 0.05) is 41.5 Å². The van der Waals surface area contributed by atoms with Crippen LogP contribution in [0.2, 0.25) is 0 Å². The molecule has 180 valence electrons. The lowest BCUT2D eigenvalue weighted by molar-refractivity contribution is -0.117. The summed E-state index contributed by atoms with van der Waals surface area (Å²) in [5.74, 6) is 1.45. The number of benzene rings is 1. The average Bonchev–Trinajstić information content (AvgIpc) is 3.44. The molecule has 1 aliphatic heterocycles. The number of rotatable bonds is 6. The normalized spacial score (nSPS) is 17.0. The van der Waals surface area contributed by atoms with Crippen molar-refractivity contribution in [1.29, 1.82) is 5.41 Å². The Bertz CT molecular complexity index is 1180. The number of aromatic nitrogens is 2. The third kappa shape index (κ3) is 5.13. The monoisotopic (exact) mass is 482 g/mol. The van der Waals surface area contributed by atoms with Gasteiger partial charge < -0.3 is 31.2 Å². The van der Waals surface area contributed by atoms with E-state index in [9.17, 15) is 4.79 Å². The van der Waals surface area contributed by atoms with Crippen LogP contribution in [0.4, 0.5) is 17.2 Å². The molecule has 0 bridgehead atoms. The largest absolute Gasteiger partial charge is 0.492 e. The molecule has 5 N–H and O–H groups in total. The van der Waals surface area contributed by atoms with Gasteiger partial charge in [0.25, 0.3) is 0 Å². The minimum Gasteiger partial charge on any atom is -0.492 e. The molecule has 1 saturated heterocycles. The van der Waals surface area contributed by atoms with Crippen molar-refractivity contribution in [3.63, 3.8) is 0 Å². The molecule has 1 unspecified atom stereocenters. The highest BCUT2D eigenvalue weighted by atomic mass is 32.1. The van der Waals surface area contributed by atoms with Gasteiger partial charge in [0.05, 0.1) is 23.8 Å². The molecule has 1 aromatic carbocycles. The molecule has 34 heavy (non-hydrogen) atoms. The molecule has 1 aliphatic carbocycles. The Labute approximate surface area is 202 Å². The Balaban J connectivity index is 0.000000291. The second-order valence-corrected chi connectivity index (χ2v) is 9.42. The van der Waals surface area contributed by atoms with Crippen LogP contribution in [0.15, 0.2) is 18.5 Å². The highest BCUT2D eigenvalue weighted by Gasteiger charge is 2.21. The van der Waals surface area contributed by atoms with E-state index in [2.05, 4.69) is 15.3 Å². The Morgan fingerprint density at radius 3 is 2.85 bits per heavy atom. The number of hydrogen-bond donors (Lipinski definition) is 4. The van der Waals surface area contributed by atoms with Crippen molar-refractivity contribution in [2.45, 2.75) is 45.1 Å². The summed E-state index contributed by atoms with van der Waals surface area (Å²) >= 11 is 1.77. The van der Waals surface area contributed by atoms with Crippen molar-refractivity contribution in [3.8, 4) is 5.75 Å².